The van der Waals surface area contributed by atoms with Gasteiger partial charge in [0, 0.05) is 0 Å². The zero-order valence-electron chi connectivity index (χ0n) is 16.8. The molecule has 0 saturated heterocycles. The molecule has 0 aliphatic heterocycles. The maximum atomic E-state index is 13.2. The fraction of sp³-hybridized carbons (Fsp3) is 0.600. The summed E-state index contributed by atoms with van der Waals surface area (Å²) in [4.78, 5) is 36.1. The number of halogens is 1. The molecule has 2 unspecified atom stereocenters. The Balaban J connectivity index is 3.15. The molecule has 1 aromatic rings. The van der Waals surface area contributed by atoms with Crippen LogP contribution in [0.3, 0.4) is 0 Å². The van der Waals surface area contributed by atoms with Gasteiger partial charge in [0.2, 0.25) is 0 Å². The van der Waals surface area contributed by atoms with E-state index in [1.54, 1.807) is 0 Å². The summed E-state index contributed by atoms with van der Waals surface area (Å²) < 4.78 is 0. The van der Waals surface area contributed by atoms with Gasteiger partial charge in [-0.05, 0) is 17.4 Å². The van der Waals surface area contributed by atoms with Crippen LogP contribution in [0.2, 0.25) is 0 Å². The lowest BCUT2D eigenvalue weighted by atomic mass is 9.97. The Kier molecular flexibility index (Phi) is 10.6. The highest BCUT2D eigenvalue weighted by atomic mass is 79.9. The third kappa shape index (κ3) is 6.90. The minimum absolute atomic E-state index is 0.100. The Morgan fingerprint density at radius 1 is 1.11 bits per heavy atom. The molecule has 0 aliphatic carbocycles. The standard InChI is InChI=1S/C20H31BrN2O4/c1-6-14(3)17(21)20(25)23(27-13-16-11-9-8-10-12-16)18(15(4)7-2)19(24)22-26-5/h8-12,14-15,17-18H,6-7,13H2,1-5H3,(H,22,24)/t14-,15-,17?,18?/m0/s1. The van der Waals surface area contributed by atoms with Gasteiger partial charge in [-0.3, -0.25) is 19.3 Å². The quantitative estimate of drug-likeness (QED) is 0.417. The van der Waals surface area contributed by atoms with Crippen molar-refractivity contribution in [1.29, 1.82) is 0 Å². The number of benzene rings is 1. The fourth-order valence-electron chi connectivity index (χ4n) is 2.55. The highest BCUT2D eigenvalue weighted by Crippen LogP contribution is 2.24. The Bertz CT molecular complexity index is 585. The van der Waals surface area contributed by atoms with Crippen molar-refractivity contribution < 1.29 is 19.3 Å². The van der Waals surface area contributed by atoms with Gasteiger partial charge in [0.05, 0.1) is 11.9 Å². The van der Waals surface area contributed by atoms with Crippen LogP contribution in [0, 0.1) is 11.8 Å². The predicted molar refractivity (Wildman–Crippen MR) is 109 cm³/mol. The molecule has 2 amide bonds. The van der Waals surface area contributed by atoms with Gasteiger partial charge in [0.25, 0.3) is 11.8 Å². The summed E-state index contributed by atoms with van der Waals surface area (Å²) in [5.41, 5.74) is 3.27. The van der Waals surface area contributed by atoms with Crippen molar-refractivity contribution in [2.24, 2.45) is 11.8 Å². The molecule has 0 radical (unpaired) electrons. The SMILES string of the molecule is CC[C@H](C)C(Br)C(=O)N(OCc1ccccc1)C(C(=O)NOC)[C@@H](C)CC. The number of rotatable bonds is 11. The summed E-state index contributed by atoms with van der Waals surface area (Å²) in [7, 11) is 1.37. The van der Waals surface area contributed by atoms with Gasteiger partial charge in [-0.2, -0.15) is 0 Å². The molecular formula is C20H31BrN2O4. The number of nitrogens with zero attached hydrogens (tertiary/aromatic N) is 1. The van der Waals surface area contributed by atoms with E-state index in [2.05, 4.69) is 21.4 Å². The van der Waals surface area contributed by atoms with Gasteiger partial charge in [0.15, 0.2) is 0 Å². The lowest BCUT2D eigenvalue weighted by Crippen LogP contribution is -2.54. The largest absolute Gasteiger partial charge is 0.277 e. The monoisotopic (exact) mass is 442 g/mol. The number of hydrogen-bond donors (Lipinski definition) is 1. The van der Waals surface area contributed by atoms with Crippen LogP contribution < -0.4 is 5.48 Å². The van der Waals surface area contributed by atoms with Crippen LogP contribution >= 0.6 is 15.9 Å². The molecule has 0 aromatic heterocycles. The second-order valence-corrected chi connectivity index (χ2v) is 7.70. The second kappa shape index (κ2) is 12.1. The lowest BCUT2D eigenvalue weighted by molar-refractivity contribution is -0.214. The van der Waals surface area contributed by atoms with Crippen LogP contribution in [0.25, 0.3) is 0 Å². The van der Waals surface area contributed by atoms with Gasteiger partial charge in [0.1, 0.15) is 12.6 Å². The summed E-state index contributed by atoms with van der Waals surface area (Å²) >= 11 is 3.49. The van der Waals surface area contributed by atoms with E-state index in [1.807, 2.05) is 58.0 Å². The first kappa shape index (κ1) is 23.6. The zero-order valence-corrected chi connectivity index (χ0v) is 18.4. The third-order valence-electron chi connectivity index (χ3n) is 4.72. The number of carbonyl (C=O) groups excluding carboxylic acids is 2. The first-order valence-corrected chi connectivity index (χ1v) is 10.3. The normalized spacial score (nSPS) is 15.5. The molecule has 27 heavy (non-hydrogen) atoms. The van der Waals surface area contributed by atoms with E-state index in [-0.39, 0.29) is 24.3 Å². The maximum absolute atomic E-state index is 13.2. The summed E-state index contributed by atoms with van der Waals surface area (Å²) in [6.45, 7) is 8.09. The predicted octanol–water partition coefficient (Wildman–Crippen LogP) is 3.85. The average Bonchev–Trinajstić information content (AvgIpc) is 2.69. The minimum Gasteiger partial charge on any atom is -0.277 e. The van der Waals surface area contributed by atoms with Crippen molar-refractivity contribution in [1.82, 2.24) is 10.5 Å². The van der Waals surface area contributed by atoms with Crippen LogP contribution in [0.1, 0.15) is 46.1 Å². The van der Waals surface area contributed by atoms with Crippen molar-refractivity contribution in [2.45, 2.75) is 58.0 Å². The molecule has 1 N–H and O–H groups in total. The highest BCUT2D eigenvalue weighted by molar-refractivity contribution is 9.10. The fourth-order valence-corrected chi connectivity index (χ4v) is 3.13. The van der Waals surface area contributed by atoms with Crippen molar-refractivity contribution in [3.63, 3.8) is 0 Å². The van der Waals surface area contributed by atoms with Crippen LogP contribution in [-0.2, 0) is 25.9 Å². The average molecular weight is 443 g/mol. The second-order valence-electron chi connectivity index (χ2n) is 6.71. The molecule has 1 rings (SSSR count). The van der Waals surface area contributed by atoms with Gasteiger partial charge < -0.3 is 0 Å². The highest BCUT2D eigenvalue weighted by Gasteiger charge is 2.38. The summed E-state index contributed by atoms with van der Waals surface area (Å²) in [6, 6.07) is 8.75. The van der Waals surface area contributed by atoms with E-state index in [9.17, 15) is 9.59 Å². The maximum Gasteiger partial charge on any atom is 0.269 e. The van der Waals surface area contributed by atoms with Crippen molar-refractivity contribution >= 4 is 27.7 Å². The summed E-state index contributed by atoms with van der Waals surface area (Å²) in [5, 5.41) is 1.22. The van der Waals surface area contributed by atoms with Crippen molar-refractivity contribution in [3.05, 3.63) is 35.9 Å². The van der Waals surface area contributed by atoms with E-state index in [0.29, 0.717) is 6.42 Å². The molecule has 0 fully saturated rings. The minimum atomic E-state index is -0.796. The van der Waals surface area contributed by atoms with E-state index in [4.69, 9.17) is 9.68 Å². The van der Waals surface area contributed by atoms with E-state index >= 15 is 0 Å². The van der Waals surface area contributed by atoms with Crippen molar-refractivity contribution in [3.8, 4) is 0 Å². The number of carbonyl (C=O) groups is 2. The van der Waals surface area contributed by atoms with Gasteiger partial charge in [-0.25, -0.2) is 10.5 Å². The number of hydrogen-bond acceptors (Lipinski definition) is 4. The molecular weight excluding hydrogens is 412 g/mol. The molecule has 7 heteroatoms. The molecule has 1 aromatic carbocycles. The van der Waals surface area contributed by atoms with Crippen LogP contribution in [0.5, 0.6) is 0 Å². The number of amides is 2. The Morgan fingerprint density at radius 2 is 1.70 bits per heavy atom. The van der Waals surface area contributed by atoms with E-state index in [1.165, 1.54) is 12.2 Å². The Hall–Kier alpha value is -1.44. The Morgan fingerprint density at radius 3 is 2.22 bits per heavy atom. The summed E-state index contributed by atoms with van der Waals surface area (Å²) in [5.74, 6) is -0.686. The molecule has 6 nitrogen and oxygen atoms in total. The smallest absolute Gasteiger partial charge is 0.269 e. The molecule has 0 heterocycles. The lowest BCUT2D eigenvalue weighted by Gasteiger charge is -2.35. The molecule has 4 atom stereocenters. The van der Waals surface area contributed by atoms with E-state index < -0.39 is 16.8 Å². The van der Waals surface area contributed by atoms with Crippen LogP contribution in [-0.4, -0.2) is 34.9 Å². The molecule has 0 bridgehead atoms. The van der Waals surface area contributed by atoms with Crippen molar-refractivity contribution in [2.75, 3.05) is 7.11 Å². The number of nitrogens with one attached hydrogen (secondary N) is 1. The molecule has 0 aliphatic rings. The van der Waals surface area contributed by atoms with Crippen LogP contribution in [0.4, 0.5) is 0 Å². The first-order chi connectivity index (χ1) is 12.9. The third-order valence-corrected chi connectivity index (χ3v) is 6.01. The number of alkyl halides is 1. The topological polar surface area (TPSA) is 67.9 Å². The summed E-state index contributed by atoms with van der Waals surface area (Å²) in [6.07, 6.45) is 1.53. The van der Waals surface area contributed by atoms with Crippen LogP contribution in [0.15, 0.2) is 30.3 Å². The van der Waals surface area contributed by atoms with Gasteiger partial charge >= 0.3 is 0 Å². The van der Waals surface area contributed by atoms with Gasteiger partial charge in [-0.1, -0.05) is 86.8 Å². The first-order valence-electron chi connectivity index (χ1n) is 9.34. The van der Waals surface area contributed by atoms with E-state index in [0.717, 1.165) is 12.0 Å². The number of hydroxylamine groups is 3. The van der Waals surface area contributed by atoms with Gasteiger partial charge in [-0.15, -0.1) is 0 Å². The zero-order chi connectivity index (χ0) is 20.4. The molecule has 0 spiro atoms. The molecule has 152 valence electrons. The molecule has 0 saturated carbocycles. The Labute approximate surface area is 170 Å².